The van der Waals surface area contributed by atoms with Gasteiger partial charge in [-0.25, -0.2) is 0 Å². The Labute approximate surface area is 186 Å². The smallest absolute Gasteiger partial charge is 0.343 e. The molecule has 1 N–H and O–H groups in total. The molecule has 9 heteroatoms. The topological polar surface area (TPSA) is 69.7 Å². The molecule has 0 aromatic heterocycles. The molecule has 1 aromatic carbocycles. The third kappa shape index (κ3) is 6.54. The Balaban J connectivity index is 1.53. The van der Waals surface area contributed by atoms with Gasteiger partial charge in [0.15, 0.2) is 5.78 Å². The third-order valence-electron chi connectivity index (χ3n) is 6.06. The fourth-order valence-electron chi connectivity index (χ4n) is 4.31. The lowest BCUT2D eigenvalue weighted by Crippen LogP contribution is -2.43. The van der Waals surface area contributed by atoms with Crippen molar-refractivity contribution in [1.29, 1.82) is 0 Å². The van der Waals surface area contributed by atoms with Crippen LogP contribution in [0, 0.1) is 0 Å². The number of fused-ring (bicyclic) bond motifs is 1. The normalized spacial score (nSPS) is 16.6. The van der Waals surface area contributed by atoms with Crippen molar-refractivity contribution in [2.75, 3.05) is 39.3 Å². The monoisotopic (exact) mass is 453 g/mol. The number of rotatable bonds is 9. The molecule has 0 aliphatic carbocycles. The van der Waals surface area contributed by atoms with Crippen LogP contribution in [0.1, 0.15) is 53.6 Å². The largest absolute Gasteiger partial charge is 0.471 e. The molecule has 0 atom stereocenters. The van der Waals surface area contributed by atoms with Gasteiger partial charge in [-0.15, -0.1) is 0 Å². The molecule has 1 aromatic rings. The molecule has 2 aliphatic rings. The number of carbonyl (C=O) groups is 3. The number of likely N-dealkylation sites (tertiary alicyclic amines) is 1. The first kappa shape index (κ1) is 24.2. The number of nitrogens with zero attached hydrogens (tertiary/aromatic N) is 2. The molecule has 0 bridgehead atoms. The molecule has 1 saturated heterocycles. The Bertz CT molecular complexity index is 842. The Hall–Kier alpha value is -2.42. The van der Waals surface area contributed by atoms with Crippen LogP contribution in [0.2, 0.25) is 0 Å². The van der Waals surface area contributed by atoms with Gasteiger partial charge in [0.1, 0.15) is 0 Å². The highest BCUT2D eigenvalue weighted by Gasteiger charge is 2.42. The van der Waals surface area contributed by atoms with E-state index in [-0.39, 0.29) is 44.0 Å². The van der Waals surface area contributed by atoms with Crippen LogP contribution in [-0.2, 0) is 22.4 Å². The molecule has 0 saturated carbocycles. The lowest BCUT2D eigenvalue weighted by Gasteiger charge is -2.25. The Morgan fingerprint density at radius 3 is 2.44 bits per heavy atom. The van der Waals surface area contributed by atoms with Gasteiger partial charge in [-0.3, -0.25) is 14.4 Å². The molecule has 0 radical (unpaired) electrons. The fraction of sp³-hybridized carbons (Fsp3) is 0.609. The Morgan fingerprint density at radius 2 is 1.75 bits per heavy atom. The second kappa shape index (κ2) is 10.9. The molecule has 2 aliphatic heterocycles. The zero-order valence-electron chi connectivity index (χ0n) is 18.2. The van der Waals surface area contributed by atoms with Gasteiger partial charge in [-0.05, 0) is 62.4 Å². The first-order chi connectivity index (χ1) is 15.3. The van der Waals surface area contributed by atoms with Crippen molar-refractivity contribution in [2.24, 2.45) is 0 Å². The van der Waals surface area contributed by atoms with E-state index in [0.717, 1.165) is 42.8 Å². The van der Waals surface area contributed by atoms with Crippen molar-refractivity contribution in [1.82, 2.24) is 15.1 Å². The van der Waals surface area contributed by atoms with Crippen LogP contribution in [0.25, 0.3) is 0 Å². The van der Waals surface area contributed by atoms with E-state index < -0.39 is 12.1 Å². The molecule has 2 amide bonds. The van der Waals surface area contributed by atoms with Crippen molar-refractivity contribution in [3.8, 4) is 0 Å². The number of hydrogen-bond donors (Lipinski definition) is 1. The number of hydrogen-bond acceptors (Lipinski definition) is 4. The first-order valence-electron chi connectivity index (χ1n) is 11.3. The number of carbonyl (C=O) groups excluding carboxylic acids is 3. The van der Waals surface area contributed by atoms with E-state index in [9.17, 15) is 27.6 Å². The highest BCUT2D eigenvalue weighted by molar-refractivity contribution is 5.96. The molecule has 176 valence electrons. The van der Waals surface area contributed by atoms with E-state index in [0.29, 0.717) is 25.1 Å². The minimum atomic E-state index is -4.96. The summed E-state index contributed by atoms with van der Waals surface area (Å²) >= 11 is 0. The number of halogens is 3. The summed E-state index contributed by atoms with van der Waals surface area (Å²) in [5.41, 5.74) is 2.91. The summed E-state index contributed by atoms with van der Waals surface area (Å²) < 4.78 is 39.0. The van der Waals surface area contributed by atoms with Crippen molar-refractivity contribution >= 4 is 17.6 Å². The van der Waals surface area contributed by atoms with Gasteiger partial charge in [0.25, 0.3) is 0 Å². The minimum Gasteiger partial charge on any atom is -0.343 e. The maximum absolute atomic E-state index is 13.0. The van der Waals surface area contributed by atoms with E-state index in [4.69, 9.17) is 0 Å². The average Bonchev–Trinajstić information content (AvgIpc) is 3.01. The SMILES string of the molecule is O=C(CCCN(CCCN1CCCC1=O)C(=O)C(F)(F)F)c1ccc2c(c1)CCNCC2. The number of Topliss-reactive ketones (excluding diaryl/α,β-unsaturated/α-hetero) is 1. The van der Waals surface area contributed by atoms with Crippen LogP contribution >= 0.6 is 0 Å². The predicted molar refractivity (Wildman–Crippen MR) is 113 cm³/mol. The van der Waals surface area contributed by atoms with Gasteiger partial charge in [0.2, 0.25) is 5.91 Å². The second-order valence-corrected chi connectivity index (χ2v) is 8.39. The number of ketones is 1. The average molecular weight is 454 g/mol. The number of benzene rings is 1. The lowest BCUT2D eigenvalue weighted by molar-refractivity contribution is -0.185. The van der Waals surface area contributed by atoms with E-state index in [1.54, 1.807) is 11.0 Å². The van der Waals surface area contributed by atoms with Crippen molar-refractivity contribution < 1.29 is 27.6 Å². The fourth-order valence-corrected chi connectivity index (χ4v) is 4.31. The van der Waals surface area contributed by atoms with Gasteiger partial charge >= 0.3 is 12.1 Å². The summed E-state index contributed by atoms with van der Waals surface area (Å²) in [6.07, 6.45) is -1.49. The summed E-state index contributed by atoms with van der Waals surface area (Å²) in [6.45, 7) is 2.45. The Morgan fingerprint density at radius 1 is 1.03 bits per heavy atom. The molecule has 0 unspecified atom stereocenters. The lowest BCUT2D eigenvalue weighted by atomic mass is 9.97. The summed E-state index contributed by atoms with van der Waals surface area (Å²) in [4.78, 5) is 38.5. The summed E-state index contributed by atoms with van der Waals surface area (Å²) in [6, 6.07) is 5.61. The molecule has 0 spiro atoms. The number of alkyl halides is 3. The molecule has 6 nitrogen and oxygen atoms in total. The maximum Gasteiger partial charge on any atom is 0.471 e. The highest BCUT2D eigenvalue weighted by Crippen LogP contribution is 2.21. The Kier molecular flexibility index (Phi) is 8.28. The van der Waals surface area contributed by atoms with Gasteiger partial charge in [0.05, 0.1) is 0 Å². The minimum absolute atomic E-state index is 0.000767. The van der Waals surface area contributed by atoms with Crippen LogP contribution in [-0.4, -0.2) is 72.8 Å². The van der Waals surface area contributed by atoms with Gasteiger partial charge in [-0.1, -0.05) is 12.1 Å². The standard InChI is InChI=1S/C23H30F3N3O3/c24-23(25,26)22(32)29(15-3-14-28-12-2-5-21(28)31)13-1-4-20(30)19-7-6-17-8-10-27-11-9-18(17)16-19/h6-7,16,27H,1-5,8-15H2. The quantitative estimate of drug-likeness (QED) is 0.584. The van der Waals surface area contributed by atoms with Crippen molar-refractivity contribution in [3.05, 3.63) is 34.9 Å². The predicted octanol–water partition coefficient (Wildman–Crippen LogP) is 2.74. The number of nitrogens with one attached hydrogen (secondary N) is 1. The van der Waals surface area contributed by atoms with Gasteiger partial charge < -0.3 is 15.1 Å². The van der Waals surface area contributed by atoms with Crippen LogP contribution in [0.5, 0.6) is 0 Å². The molecule has 2 heterocycles. The van der Waals surface area contributed by atoms with Crippen molar-refractivity contribution in [3.63, 3.8) is 0 Å². The molecular weight excluding hydrogens is 423 g/mol. The summed E-state index contributed by atoms with van der Waals surface area (Å²) in [5, 5.41) is 3.31. The summed E-state index contributed by atoms with van der Waals surface area (Å²) in [5.74, 6) is -2.02. The molecule has 1 fully saturated rings. The van der Waals surface area contributed by atoms with Crippen LogP contribution in [0.4, 0.5) is 13.2 Å². The zero-order chi connectivity index (χ0) is 23.1. The van der Waals surface area contributed by atoms with Gasteiger partial charge in [-0.2, -0.15) is 13.2 Å². The van der Waals surface area contributed by atoms with Gasteiger partial charge in [0, 0.05) is 44.6 Å². The third-order valence-corrected chi connectivity index (χ3v) is 6.06. The van der Waals surface area contributed by atoms with E-state index in [2.05, 4.69) is 5.32 Å². The molecular formula is C23H30F3N3O3. The first-order valence-corrected chi connectivity index (χ1v) is 11.3. The van der Waals surface area contributed by atoms with Crippen LogP contribution in [0.3, 0.4) is 0 Å². The highest BCUT2D eigenvalue weighted by atomic mass is 19.4. The van der Waals surface area contributed by atoms with Crippen LogP contribution < -0.4 is 5.32 Å². The van der Waals surface area contributed by atoms with E-state index >= 15 is 0 Å². The van der Waals surface area contributed by atoms with Crippen LogP contribution in [0.15, 0.2) is 18.2 Å². The molecule has 32 heavy (non-hydrogen) atoms. The summed E-state index contributed by atoms with van der Waals surface area (Å²) in [7, 11) is 0. The second-order valence-electron chi connectivity index (χ2n) is 8.39. The van der Waals surface area contributed by atoms with Crippen molar-refractivity contribution in [2.45, 2.75) is 51.1 Å². The maximum atomic E-state index is 13.0. The van der Waals surface area contributed by atoms with E-state index in [1.165, 1.54) is 5.56 Å². The van der Waals surface area contributed by atoms with E-state index in [1.807, 2.05) is 12.1 Å². The molecule has 3 rings (SSSR count). The zero-order valence-corrected chi connectivity index (χ0v) is 18.2. The number of amides is 2.